The van der Waals surface area contributed by atoms with Crippen LogP contribution in [0.3, 0.4) is 0 Å². The number of hydrogen-bond donors (Lipinski definition) is 1. The largest absolute Gasteiger partial charge is 0.257 e. The number of nitriles is 2. The van der Waals surface area contributed by atoms with Crippen LogP contribution >= 0.6 is 0 Å². The second-order valence-electron chi connectivity index (χ2n) is 1.59. The smallest absolute Gasteiger partial charge is 0.234 e. The van der Waals surface area contributed by atoms with E-state index in [2.05, 4.69) is 9.98 Å². The van der Waals surface area contributed by atoms with Crippen molar-refractivity contribution >= 4 is 17.4 Å². The summed E-state index contributed by atoms with van der Waals surface area (Å²) in [5.74, 6) is 1.80. The molecule has 1 aliphatic heterocycles. The summed E-state index contributed by atoms with van der Waals surface area (Å²) in [7, 11) is 0. The van der Waals surface area contributed by atoms with Gasteiger partial charge in [0.1, 0.15) is 12.1 Å². The third-order valence-corrected chi connectivity index (χ3v) is 0.984. The van der Waals surface area contributed by atoms with Crippen molar-refractivity contribution in [3.05, 3.63) is 5.70 Å². The third kappa shape index (κ3) is 1.04. The van der Waals surface area contributed by atoms with Gasteiger partial charge >= 0.3 is 0 Å². The minimum Gasteiger partial charge on any atom is -0.257 e. The van der Waals surface area contributed by atoms with Crippen LogP contribution in [0.5, 0.6) is 0 Å². The summed E-state index contributed by atoms with van der Waals surface area (Å²) in [4.78, 5) is 7.03. The topological polar surface area (TPSA) is 96.1 Å². The first-order valence-electron chi connectivity index (χ1n) is 2.59. The van der Waals surface area contributed by atoms with Gasteiger partial charge in [-0.25, -0.2) is 9.98 Å². The Bertz CT molecular complexity index is 380. The number of rotatable bonds is 0. The summed E-state index contributed by atoms with van der Waals surface area (Å²) in [5.41, 5.74) is -0.0133. The Balaban J connectivity index is 3.21. The Labute approximate surface area is 62.1 Å². The molecule has 0 spiro atoms. The lowest BCUT2D eigenvalue weighted by molar-refractivity contribution is 1.48. The number of aliphatic imine (C=N–C) groups is 2. The predicted octanol–water partition coefficient (Wildman–Crippen LogP) is 0.0190. The summed E-state index contributed by atoms with van der Waals surface area (Å²) in [6, 6.07) is 3.35. The molecule has 0 atom stereocenters. The highest BCUT2D eigenvalue weighted by atomic mass is 15.0. The molecule has 0 amide bonds. The molecule has 0 saturated heterocycles. The summed E-state index contributed by atoms with van der Waals surface area (Å²) in [5, 5.41) is 23.3. The fourth-order valence-corrected chi connectivity index (χ4v) is 0.558. The fourth-order valence-electron chi connectivity index (χ4n) is 0.558. The Morgan fingerprint density at radius 3 is 2.27 bits per heavy atom. The number of nitrogens with one attached hydrogen (secondary N) is 1. The first kappa shape index (κ1) is 6.88. The maximum atomic E-state index is 8.37. The fraction of sp³-hybridized carbons (Fsp3) is 0. The van der Waals surface area contributed by atoms with E-state index in [0.29, 0.717) is 0 Å². The Kier molecular flexibility index (Phi) is 1.61. The summed E-state index contributed by atoms with van der Waals surface area (Å²) in [6.45, 7) is 0. The molecule has 0 saturated carbocycles. The van der Waals surface area contributed by atoms with Gasteiger partial charge in [-0.05, 0) is 0 Å². The predicted molar refractivity (Wildman–Crippen MR) is 37.3 cm³/mol. The van der Waals surface area contributed by atoms with Gasteiger partial charge < -0.3 is 0 Å². The van der Waals surface area contributed by atoms with Gasteiger partial charge in [-0.15, -0.1) is 0 Å². The molecular formula is C6HN5. The van der Waals surface area contributed by atoms with Gasteiger partial charge in [-0.3, -0.25) is 5.41 Å². The van der Waals surface area contributed by atoms with Crippen LogP contribution in [0.2, 0.25) is 0 Å². The molecule has 0 radical (unpaired) electrons. The molecule has 5 nitrogen and oxygen atoms in total. The molecule has 0 unspecified atom stereocenters. The zero-order valence-electron chi connectivity index (χ0n) is 5.29. The van der Waals surface area contributed by atoms with Gasteiger partial charge in [-0.2, -0.15) is 10.5 Å². The van der Waals surface area contributed by atoms with Crippen molar-refractivity contribution in [3.63, 3.8) is 0 Å². The number of nitrogens with zero attached hydrogens (tertiary/aromatic N) is 4. The van der Waals surface area contributed by atoms with E-state index >= 15 is 0 Å². The minimum atomic E-state index is -0.101. The molecule has 5 heteroatoms. The normalized spacial score (nSPS) is 14.2. The number of allylic oxidation sites excluding steroid dienone is 1. The summed E-state index contributed by atoms with van der Waals surface area (Å²) in [6.07, 6.45) is 0. The van der Waals surface area contributed by atoms with Gasteiger partial charge in [-0.1, -0.05) is 0 Å². The standard InChI is InChI=1S/C6HN5/c7-1-4-5(2-8)11-6(3-9)10-4/h7H. The Hall–Kier alpha value is -2.23. The second kappa shape index (κ2) is 2.57. The van der Waals surface area contributed by atoms with Crippen LogP contribution in [-0.2, 0) is 0 Å². The van der Waals surface area contributed by atoms with Crippen molar-refractivity contribution in [2.45, 2.75) is 0 Å². The van der Waals surface area contributed by atoms with Crippen LogP contribution in [0.15, 0.2) is 15.7 Å². The van der Waals surface area contributed by atoms with E-state index in [-0.39, 0.29) is 17.2 Å². The summed E-state index contributed by atoms with van der Waals surface area (Å²) < 4.78 is 0. The van der Waals surface area contributed by atoms with Crippen molar-refractivity contribution < 1.29 is 0 Å². The van der Waals surface area contributed by atoms with Gasteiger partial charge in [0.25, 0.3) is 0 Å². The first-order chi connectivity index (χ1) is 5.31. The molecule has 0 aliphatic carbocycles. The van der Waals surface area contributed by atoms with E-state index in [0.717, 1.165) is 0 Å². The monoisotopic (exact) mass is 143 g/mol. The van der Waals surface area contributed by atoms with Crippen LogP contribution < -0.4 is 0 Å². The number of hydrogen-bond acceptors (Lipinski definition) is 5. The lowest BCUT2D eigenvalue weighted by Gasteiger charge is -1.78. The van der Waals surface area contributed by atoms with Crippen molar-refractivity contribution in [3.8, 4) is 12.1 Å². The maximum absolute atomic E-state index is 8.37. The van der Waals surface area contributed by atoms with Crippen LogP contribution in [0.4, 0.5) is 0 Å². The van der Waals surface area contributed by atoms with Crippen molar-refractivity contribution in [2.24, 2.45) is 9.98 Å². The van der Waals surface area contributed by atoms with Crippen molar-refractivity contribution in [1.29, 1.82) is 15.9 Å². The van der Waals surface area contributed by atoms with Gasteiger partial charge in [0.05, 0.1) is 0 Å². The second-order valence-corrected chi connectivity index (χ2v) is 1.59. The SMILES string of the molecule is N#CC1=NC(=C=N)C(C#N)=N1. The molecule has 0 aromatic rings. The molecule has 1 N–H and O–H groups in total. The highest BCUT2D eigenvalue weighted by Crippen LogP contribution is 2.05. The van der Waals surface area contributed by atoms with Gasteiger partial charge in [0.15, 0.2) is 11.4 Å². The van der Waals surface area contributed by atoms with Crippen LogP contribution in [-0.4, -0.2) is 17.4 Å². The average Bonchev–Trinajstić information content (AvgIpc) is 2.46. The van der Waals surface area contributed by atoms with Crippen LogP contribution in [0, 0.1) is 28.1 Å². The lowest BCUT2D eigenvalue weighted by Crippen LogP contribution is -1.91. The summed E-state index contributed by atoms with van der Waals surface area (Å²) >= 11 is 0. The molecule has 50 valence electrons. The van der Waals surface area contributed by atoms with E-state index < -0.39 is 0 Å². The highest BCUT2D eigenvalue weighted by molar-refractivity contribution is 6.26. The van der Waals surface area contributed by atoms with Crippen molar-refractivity contribution in [1.82, 2.24) is 0 Å². The van der Waals surface area contributed by atoms with Crippen LogP contribution in [0.1, 0.15) is 0 Å². The zero-order valence-corrected chi connectivity index (χ0v) is 5.29. The van der Waals surface area contributed by atoms with E-state index in [1.165, 1.54) is 0 Å². The maximum Gasteiger partial charge on any atom is 0.234 e. The molecule has 1 aliphatic rings. The first-order valence-corrected chi connectivity index (χ1v) is 2.59. The van der Waals surface area contributed by atoms with E-state index in [1.807, 2.05) is 5.87 Å². The minimum absolute atomic E-state index is 0.0176. The molecule has 0 fully saturated rings. The molecule has 1 heterocycles. The Morgan fingerprint density at radius 1 is 1.18 bits per heavy atom. The molecule has 1 rings (SSSR count). The van der Waals surface area contributed by atoms with E-state index in [1.54, 1.807) is 12.1 Å². The molecule has 0 aromatic carbocycles. The van der Waals surface area contributed by atoms with E-state index in [4.69, 9.17) is 15.9 Å². The average molecular weight is 143 g/mol. The van der Waals surface area contributed by atoms with Crippen LogP contribution in [0.25, 0.3) is 0 Å². The van der Waals surface area contributed by atoms with Gasteiger partial charge in [0.2, 0.25) is 5.84 Å². The third-order valence-electron chi connectivity index (χ3n) is 0.984. The quantitative estimate of drug-likeness (QED) is 0.483. The van der Waals surface area contributed by atoms with E-state index in [9.17, 15) is 0 Å². The molecule has 0 bridgehead atoms. The molecule has 0 aromatic heterocycles. The highest BCUT2D eigenvalue weighted by Gasteiger charge is 2.14. The number of amidine groups is 1. The molecular weight excluding hydrogens is 142 g/mol. The van der Waals surface area contributed by atoms with Gasteiger partial charge in [0, 0.05) is 5.87 Å². The molecule has 11 heavy (non-hydrogen) atoms. The Morgan fingerprint density at radius 2 is 1.91 bits per heavy atom. The van der Waals surface area contributed by atoms with Crippen molar-refractivity contribution in [2.75, 3.05) is 0 Å². The zero-order chi connectivity index (χ0) is 8.27. The lowest BCUT2D eigenvalue weighted by atomic mass is 10.3.